The highest BCUT2D eigenvalue weighted by atomic mass is 19.3. The molecule has 130 valence electrons. The lowest BCUT2D eigenvalue weighted by Gasteiger charge is -2.28. The van der Waals surface area contributed by atoms with Crippen LogP contribution in [0.15, 0.2) is 30.5 Å². The van der Waals surface area contributed by atoms with Gasteiger partial charge in [-0.1, -0.05) is 6.07 Å². The Morgan fingerprint density at radius 2 is 2.04 bits per heavy atom. The quantitative estimate of drug-likeness (QED) is 0.908. The third-order valence-corrected chi connectivity index (χ3v) is 3.73. The number of carbonyl (C=O) groups is 2. The molecule has 2 aromatic rings. The van der Waals surface area contributed by atoms with E-state index in [2.05, 4.69) is 14.7 Å². The second-order valence-corrected chi connectivity index (χ2v) is 5.37. The van der Waals surface area contributed by atoms with Gasteiger partial charge in [-0.2, -0.15) is 8.78 Å². The third-order valence-electron chi connectivity index (χ3n) is 3.73. The molecule has 2 amide bonds. The van der Waals surface area contributed by atoms with Crippen molar-refractivity contribution in [3.8, 4) is 5.88 Å². The van der Waals surface area contributed by atoms with Gasteiger partial charge in [-0.3, -0.25) is 14.5 Å². The summed E-state index contributed by atoms with van der Waals surface area (Å²) in [5, 5.41) is 0. The highest BCUT2D eigenvalue weighted by Crippen LogP contribution is 2.27. The minimum atomic E-state index is -2.99. The van der Waals surface area contributed by atoms with E-state index in [0.717, 1.165) is 24.6 Å². The van der Waals surface area contributed by atoms with E-state index < -0.39 is 18.4 Å². The van der Waals surface area contributed by atoms with Crippen LogP contribution in [0.3, 0.4) is 0 Å². The van der Waals surface area contributed by atoms with E-state index in [-0.39, 0.29) is 17.1 Å². The van der Waals surface area contributed by atoms with Crippen molar-refractivity contribution < 1.29 is 23.1 Å². The summed E-state index contributed by atoms with van der Waals surface area (Å²) in [5.41, 5.74) is 6.34. The van der Waals surface area contributed by atoms with E-state index in [1.54, 1.807) is 6.07 Å². The fraction of sp³-hybridized carbons (Fsp3) is 0.250. The number of aryl methyl sites for hydroxylation is 1. The number of halogens is 2. The van der Waals surface area contributed by atoms with Crippen LogP contribution < -0.4 is 15.4 Å². The first-order valence-corrected chi connectivity index (χ1v) is 7.48. The van der Waals surface area contributed by atoms with E-state index in [1.807, 2.05) is 0 Å². The summed E-state index contributed by atoms with van der Waals surface area (Å²) >= 11 is 0. The fourth-order valence-electron chi connectivity index (χ4n) is 2.60. The molecule has 0 aromatic carbocycles. The van der Waals surface area contributed by atoms with Crippen LogP contribution in [-0.4, -0.2) is 34.9 Å². The van der Waals surface area contributed by atoms with Gasteiger partial charge >= 0.3 is 6.61 Å². The molecule has 0 bridgehead atoms. The molecule has 0 atom stereocenters. The van der Waals surface area contributed by atoms with E-state index in [0.29, 0.717) is 12.4 Å². The predicted octanol–water partition coefficient (Wildman–Crippen LogP) is 1.77. The number of ether oxygens (including phenoxy) is 1. The van der Waals surface area contributed by atoms with Crippen molar-refractivity contribution >= 4 is 17.6 Å². The molecule has 0 unspecified atom stereocenters. The fourth-order valence-corrected chi connectivity index (χ4v) is 2.60. The average molecular weight is 348 g/mol. The van der Waals surface area contributed by atoms with E-state index in [1.165, 1.54) is 23.1 Å². The van der Waals surface area contributed by atoms with Crippen LogP contribution in [-0.2, 0) is 6.42 Å². The van der Waals surface area contributed by atoms with Crippen LogP contribution in [0.5, 0.6) is 5.88 Å². The van der Waals surface area contributed by atoms with E-state index in [9.17, 15) is 18.4 Å². The maximum Gasteiger partial charge on any atom is 0.388 e. The highest BCUT2D eigenvalue weighted by Gasteiger charge is 2.26. The maximum absolute atomic E-state index is 12.7. The molecule has 3 rings (SSSR count). The number of hydrogen-bond acceptors (Lipinski definition) is 5. The molecular weight excluding hydrogens is 334 g/mol. The number of pyridine rings is 2. The molecule has 0 spiro atoms. The molecule has 3 heterocycles. The first-order chi connectivity index (χ1) is 12.0. The number of fused-ring (bicyclic) bond motifs is 1. The number of anilines is 1. The number of rotatable bonds is 4. The smallest absolute Gasteiger partial charge is 0.388 e. The standard InChI is InChI=1S/C16H14F2N4O3/c17-16(18)25-12-6-4-10(8-20-12)15(24)22-7-1-2-9-3-5-11(13(19)23)21-14(9)22/h3-6,8,16H,1-2,7H2,(H2,19,23). The zero-order valence-corrected chi connectivity index (χ0v) is 13.0. The lowest BCUT2D eigenvalue weighted by molar-refractivity contribution is -0.0528. The van der Waals surface area contributed by atoms with Crippen LogP contribution in [0.1, 0.15) is 32.8 Å². The Morgan fingerprint density at radius 1 is 1.24 bits per heavy atom. The number of primary amides is 1. The number of nitrogens with two attached hydrogens (primary N) is 1. The van der Waals surface area contributed by atoms with Gasteiger partial charge in [0.25, 0.3) is 11.8 Å². The van der Waals surface area contributed by atoms with Crippen LogP contribution in [0, 0.1) is 0 Å². The van der Waals surface area contributed by atoms with Crippen molar-refractivity contribution in [1.29, 1.82) is 0 Å². The molecule has 1 aliphatic heterocycles. The first kappa shape index (κ1) is 16.7. The second-order valence-electron chi connectivity index (χ2n) is 5.37. The van der Waals surface area contributed by atoms with Gasteiger partial charge in [0, 0.05) is 18.8 Å². The van der Waals surface area contributed by atoms with Crippen LogP contribution in [0.4, 0.5) is 14.6 Å². The van der Waals surface area contributed by atoms with Gasteiger partial charge in [-0.15, -0.1) is 0 Å². The molecule has 2 N–H and O–H groups in total. The second kappa shape index (κ2) is 6.80. The molecule has 0 saturated heterocycles. The molecule has 0 radical (unpaired) electrons. The molecular formula is C16H14F2N4O3. The van der Waals surface area contributed by atoms with Gasteiger partial charge in [-0.25, -0.2) is 9.97 Å². The van der Waals surface area contributed by atoms with Crippen molar-refractivity contribution in [3.63, 3.8) is 0 Å². The normalized spacial score (nSPS) is 13.5. The molecule has 0 saturated carbocycles. The van der Waals surface area contributed by atoms with Gasteiger partial charge < -0.3 is 10.5 Å². The lowest BCUT2D eigenvalue weighted by Crippen LogP contribution is -2.36. The average Bonchev–Trinajstić information content (AvgIpc) is 2.60. The van der Waals surface area contributed by atoms with Gasteiger partial charge in [-0.05, 0) is 30.5 Å². The highest BCUT2D eigenvalue weighted by molar-refractivity contribution is 6.06. The Bertz CT molecular complexity index is 812. The Balaban J connectivity index is 1.88. The minimum Gasteiger partial charge on any atom is -0.417 e. The Labute approximate surface area is 141 Å². The predicted molar refractivity (Wildman–Crippen MR) is 83.6 cm³/mol. The number of carbonyl (C=O) groups excluding carboxylic acids is 2. The van der Waals surface area contributed by atoms with Crippen LogP contribution in [0.25, 0.3) is 0 Å². The largest absolute Gasteiger partial charge is 0.417 e. The third kappa shape index (κ3) is 3.54. The summed E-state index contributed by atoms with van der Waals surface area (Å²) in [6.45, 7) is -2.57. The van der Waals surface area contributed by atoms with Gasteiger partial charge in [0.2, 0.25) is 5.88 Å². The molecule has 0 fully saturated rings. The van der Waals surface area contributed by atoms with E-state index in [4.69, 9.17) is 5.73 Å². The number of amides is 2. The maximum atomic E-state index is 12.7. The number of alkyl halides is 2. The van der Waals surface area contributed by atoms with Crippen molar-refractivity contribution in [2.24, 2.45) is 5.73 Å². The topological polar surface area (TPSA) is 98.4 Å². The molecule has 0 aliphatic carbocycles. The van der Waals surface area contributed by atoms with Crippen LogP contribution >= 0.6 is 0 Å². The van der Waals surface area contributed by atoms with Crippen molar-refractivity contribution in [2.45, 2.75) is 19.5 Å². The van der Waals surface area contributed by atoms with Gasteiger partial charge in [0.05, 0.1) is 5.56 Å². The summed E-state index contributed by atoms with van der Waals surface area (Å²) < 4.78 is 28.5. The van der Waals surface area contributed by atoms with Gasteiger partial charge in [0.1, 0.15) is 11.5 Å². The SMILES string of the molecule is NC(=O)c1ccc2c(n1)N(C(=O)c1ccc(OC(F)F)nc1)CCC2. The number of hydrogen-bond donors (Lipinski definition) is 1. The molecule has 25 heavy (non-hydrogen) atoms. The summed E-state index contributed by atoms with van der Waals surface area (Å²) in [6.07, 6.45) is 2.62. The van der Waals surface area contributed by atoms with Crippen LogP contribution in [0.2, 0.25) is 0 Å². The first-order valence-electron chi connectivity index (χ1n) is 7.48. The lowest BCUT2D eigenvalue weighted by atomic mass is 10.0. The summed E-state index contributed by atoms with van der Waals surface area (Å²) in [4.78, 5) is 33.4. The van der Waals surface area contributed by atoms with E-state index >= 15 is 0 Å². The molecule has 9 heteroatoms. The molecule has 7 nitrogen and oxygen atoms in total. The Hall–Kier alpha value is -3.10. The zero-order chi connectivity index (χ0) is 18.0. The van der Waals surface area contributed by atoms with Crippen molar-refractivity contribution in [3.05, 3.63) is 47.3 Å². The number of aromatic nitrogens is 2. The molecule has 1 aliphatic rings. The van der Waals surface area contributed by atoms with Crippen molar-refractivity contribution in [1.82, 2.24) is 9.97 Å². The summed E-state index contributed by atoms with van der Waals surface area (Å²) in [7, 11) is 0. The number of nitrogens with zero attached hydrogens (tertiary/aromatic N) is 3. The zero-order valence-electron chi connectivity index (χ0n) is 13.0. The monoisotopic (exact) mass is 348 g/mol. The summed E-state index contributed by atoms with van der Waals surface area (Å²) in [5.74, 6) is -0.984. The summed E-state index contributed by atoms with van der Waals surface area (Å²) in [6, 6.07) is 5.78. The molecule has 2 aromatic heterocycles. The Kier molecular flexibility index (Phi) is 4.55. The van der Waals surface area contributed by atoms with Crippen molar-refractivity contribution in [2.75, 3.05) is 11.4 Å². The van der Waals surface area contributed by atoms with Gasteiger partial charge in [0.15, 0.2) is 0 Å². The minimum absolute atomic E-state index is 0.0669. The Morgan fingerprint density at radius 3 is 2.68 bits per heavy atom.